The highest BCUT2D eigenvalue weighted by Crippen LogP contribution is 2.26. The van der Waals surface area contributed by atoms with Gasteiger partial charge in [-0.25, -0.2) is 0 Å². The first kappa shape index (κ1) is 11.9. The van der Waals surface area contributed by atoms with Crippen molar-refractivity contribution >= 4 is 8.03 Å². The lowest BCUT2D eigenvalue weighted by Crippen LogP contribution is -2.00. The number of rotatable bonds is 7. The van der Waals surface area contributed by atoms with Gasteiger partial charge in [-0.1, -0.05) is 13.0 Å². The predicted molar refractivity (Wildman–Crippen MR) is 54.1 cm³/mol. The van der Waals surface area contributed by atoms with Crippen LogP contribution < -0.4 is 0 Å². The topological polar surface area (TPSA) is 26.3 Å². The van der Waals surface area contributed by atoms with Gasteiger partial charge in [0.1, 0.15) is 0 Å². The van der Waals surface area contributed by atoms with Crippen molar-refractivity contribution in [1.29, 1.82) is 0 Å². The molecule has 2 atom stereocenters. The summed E-state index contributed by atoms with van der Waals surface area (Å²) in [6, 6.07) is 0. The van der Waals surface area contributed by atoms with Crippen LogP contribution >= 0.6 is 8.03 Å². The molecule has 0 heterocycles. The Morgan fingerprint density at radius 3 is 2.83 bits per heavy atom. The maximum Gasteiger partial charge on any atom is 0.191 e. The van der Waals surface area contributed by atoms with Gasteiger partial charge in [-0.05, 0) is 26.2 Å². The molecule has 0 aliphatic heterocycles. The van der Waals surface area contributed by atoms with Crippen molar-refractivity contribution in [2.24, 2.45) is 0 Å². The van der Waals surface area contributed by atoms with E-state index in [4.69, 9.17) is 4.52 Å². The molecule has 3 heteroatoms. The van der Waals surface area contributed by atoms with Gasteiger partial charge in [-0.2, -0.15) is 0 Å². The second-order valence-corrected chi connectivity index (χ2v) is 4.37. The second-order valence-electron chi connectivity index (χ2n) is 2.89. The van der Waals surface area contributed by atoms with E-state index in [0.29, 0.717) is 6.16 Å². The van der Waals surface area contributed by atoms with E-state index in [-0.39, 0.29) is 6.10 Å². The van der Waals surface area contributed by atoms with Gasteiger partial charge < -0.3 is 4.52 Å². The summed E-state index contributed by atoms with van der Waals surface area (Å²) in [4.78, 5) is 0. The molecule has 12 heavy (non-hydrogen) atoms. The van der Waals surface area contributed by atoms with Gasteiger partial charge in [-0.3, -0.25) is 4.57 Å². The van der Waals surface area contributed by atoms with Gasteiger partial charge in [0.2, 0.25) is 0 Å². The third-order valence-corrected chi connectivity index (χ3v) is 3.12. The van der Waals surface area contributed by atoms with Crippen LogP contribution in [0.3, 0.4) is 0 Å². The summed E-state index contributed by atoms with van der Waals surface area (Å²) >= 11 is 0. The molecule has 0 rings (SSSR count). The van der Waals surface area contributed by atoms with E-state index in [9.17, 15) is 4.57 Å². The van der Waals surface area contributed by atoms with Crippen LogP contribution in [0.2, 0.25) is 0 Å². The minimum atomic E-state index is -1.77. The molecule has 0 aliphatic rings. The first-order chi connectivity index (χ1) is 5.70. The lowest BCUT2D eigenvalue weighted by Gasteiger charge is -2.09. The minimum Gasteiger partial charge on any atom is -0.327 e. The summed E-state index contributed by atoms with van der Waals surface area (Å²) in [5, 5.41) is 0. The molecule has 2 nitrogen and oxygen atoms in total. The number of hydrogen-bond donors (Lipinski definition) is 0. The Morgan fingerprint density at radius 1 is 1.67 bits per heavy atom. The van der Waals surface area contributed by atoms with E-state index in [0.717, 1.165) is 19.3 Å². The molecule has 0 amide bonds. The van der Waals surface area contributed by atoms with Crippen LogP contribution in [0.4, 0.5) is 0 Å². The molecule has 0 aromatic rings. The van der Waals surface area contributed by atoms with Crippen molar-refractivity contribution in [3.05, 3.63) is 12.7 Å². The Hall–Kier alpha value is -0.0700. The quantitative estimate of drug-likeness (QED) is 0.350. The standard InChI is InChI=1S/C9H19O2P/c1-4-6-7-8-12(10)11-9(3)5-2/h4,9,12H,1,5-8H2,2-3H3. The van der Waals surface area contributed by atoms with Crippen LogP contribution in [-0.2, 0) is 9.09 Å². The molecular weight excluding hydrogens is 171 g/mol. The predicted octanol–water partition coefficient (Wildman–Crippen LogP) is 3.24. The molecule has 0 bridgehead atoms. The molecule has 0 saturated heterocycles. The zero-order chi connectivity index (χ0) is 9.40. The van der Waals surface area contributed by atoms with Crippen molar-refractivity contribution in [1.82, 2.24) is 0 Å². The van der Waals surface area contributed by atoms with Crippen molar-refractivity contribution in [3.8, 4) is 0 Å². The maximum atomic E-state index is 11.2. The van der Waals surface area contributed by atoms with Crippen LogP contribution in [0.25, 0.3) is 0 Å². The smallest absolute Gasteiger partial charge is 0.191 e. The Balaban J connectivity index is 3.39. The molecule has 0 radical (unpaired) electrons. The zero-order valence-corrected chi connectivity index (χ0v) is 9.01. The Kier molecular flexibility index (Phi) is 7.53. The SMILES string of the molecule is C=CCCC[PH](=O)OC(C)CC. The van der Waals surface area contributed by atoms with Gasteiger partial charge in [0.25, 0.3) is 0 Å². The molecule has 0 aromatic carbocycles. The monoisotopic (exact) mass is 190 g/mol. The molecule has 2 unspecified atom stereocenters. The molecule has 0 aliphatic carbocycles. The molecule has 0 fully saturated rings. The molecule has 72 valence electrons. The van der Waals surface area contributed by atoms with E-state index < -0.39 is 8.03 Å². The first-order valence-electron chi connectivity index (χ1n) is 4.51. The first-order valence-corrected chi connectivity index (χ1v) is 6.03. The number of allylic oxidation sites excluding steroid dienone is 1. The van der Waals surface area contributed by atoms with E-state index >= 15 is 0 Å². The summed E-state index contributed by atoms with van der Waals surface area (Å²) in [7, 11) is -1.77. The third-order valence-electron chi connectivity index (χ3n) is 1.70. The average molecular weight is 190 g/mol. The van der Waals surface area contributed by atoms with Crippen LogP contribution in [0, 0.1) is 0 Å². The normalized spacial score (nSPS) is 15.5. The number of hydrogen-bond acceptors (Lipinski definition) is 2. The van der Waals surface area contributed by atoms with Crippen molar-refractivity contribution < 1.29 is 9.09 Å². The van der Waals surface area contributed by atoms with E-state index in [2.05, 4.69) is 6.58 Å². The largest absolute Gasteiger partial charge is 0.327 e. The van der Waals surface area contributed by atoms with Crippen molar-refractivity contribution in [2.45, 2.75) is 39.2 Å². The Labute approximate surface area is 75.9 Å². The summed E-state index contributed by atoms with van der Waals surface area (Å²) in [6.45, 7) is 7.59. The summed E-state index contributed by atoms with van der Waals surface area (Å²) in [6.07, 6.45) is 5.47. The van der Waals surface area contributed by atoms with E-state index in [1.54, 1.807) is 0 Å². The lowest BCUT2D eigenvalue weighted by molar-refractivity contribution is 0.230. The number of unbranched alkanes of at least 4 members (excludes halogenated alkanes) is 1. The van der Waals surface area contributed by atoms with E-state index in [1.165, 1.54) is 0 Å². The third kappa shape index (κ3) is 6.63. The Morgan fingerprint density at radius 2 is 2.33 bits per heavy atom. The molecule has 0 saturated carbocycles. The fourth-order valence-corrected chi connectivity index (χ4v) is 1.98. The summed E-state index contributed by atoms with van der Waals surface area (Å²) in [5.74, 6) is 0. The average Bonchev–Trinajstić information content (AvgIpc) is 2.05. The van der Waals surface area contributed by atoms with Gasteiger partial charge in [0, 0.05) is 6.16 Å². The molecule has 0 N–H and O–H groups in total. The minimum absolute atomic E-state index is 0.139. The summed E-state index contributed by atoms with van der Waals surface area (Å²) < 4.78 is 16.5. The molecule has 0 aromatic heterocycles. The van der Waals surface area contributed by atoms with Gasteiger partial charge >= 0.3 is 0 Å². The lowest BCUT2D eigenvalue weighted by atomic mass is 10.3. The second kappa shape index (κ2) is 7.57. The fourth-order valence-electron chi connectivity index (χ4n) is 0.757. The van der Waals surface area contributed by atoms with Gasteiger partial charge in [0.05, 0.1) is 6.10 Å². The van der Waals surface area contributed by atoms with Crippen LogP contribution in [-0.4, -0.2) is 12.3 Å². The molecule has 0 spiro atoms. The van der Waals surface area contributed by atoms with Gasteiger partial charge in [-0.15, -0.1) is 6.58 Å². The van der Waals surface area contributed by atoms with Crippen LogP contribution in [0.5, 0.6) is 0 Å². The summed E-state index contributed by atoms with van der Waals surface area (Å²) in [5.41, 5.74) is 0. The Bertz CT molecular complexity index is 145. The van der Waals surface area contributed by atoms with Crippen molar-refractivity contribution in [3.63, 3.8) is 0 Å². The van der Waals surface area contributed by atoms with Crippen LogP contribution in [0.1, 0.15) is 33.1 Å². The highest BCUT2D eigenvalue weighted by Gasteiger charge is 2.03. The van der Waals surface area contributed by atoms with E-state index in [1.807, 2.05) is 19.9 Å². The zero-order valence-electron chi connectivity index (χ0n) is 8.01. The van der Waals surface area contributed by atoms with Gasteiger partial charge in [0.15, 0.2) is 8.03 Å². The highest BCUT2D eigenvalue weighted by molar-refractivity contribution is 7.39. The maximum absolute atomic E-state index is 11.2. The van der Waals surface area contributed by atoms with Crippen molar-refractivity contribution in [2.75, 3.05) is 6.16 Å². The fraction of sp³-hybridized carbons (Fsp3) is 0.778. The van der Waals surface area contributed by atoms with Crippen LogP contribution in [0.15, 0.2) is 12.7 Å². The highest BCUT2D eigenvalue weighted by atomic mass is 31.1. The molecular formula is C9H19O2P.